The molecule has 2 aliphatic rings. The molecule has 0 aromatic carbocycles. The second-order valence-electron chi connectivity index (χ2n) is 7.22. The SMILES string of the molecule is Cc1oc(-c2ccoc2)nc1CN1CCCC(CN2CCCC2=O)C1. The molecule has 1 atom stereocenters. The zero-order chi connectivity index (χ0) is 17.2. The average Bonchev–Trinajstić information content (AvgIpc) is 3.32. The van der Waals surface area contributed by atoms with Crippen LogP contribution >= 0.6 is 0 Å². The lowest BCUT2D eigenvalue weighted by Gasteiger charge is -2.34. The van der Waals surface area contributed by atoms with E-state index in [1.54, 1.807) is 12.5 Å². The molecule has 2 aromatic rings. The van der Waals surface area contributed by atoms with Crippen LogP contribution in [0.5, 0.6) is 0 Å². The smallest absolute Gasteiger partial charge is 0.229 e. The summed E-state index contributed by atoms with van der Waals surface area (Å²) in [7, 11) is 0. The molecule has 4 rings (SSSR count). The van der Waals surface area contributed by atoms with Crippen LogP contribution in [0.2, 0.25) is 0 Å². The van der Waals surface area contributed by atoms with E-state index in [1.807, 2.05) is 17.9 Å². The van der Waals surface area contributed by atoms with E-state index in [1.165, 1.54) is 12.8 Å². The Hall–Kier alpha value is -2.08. The number of piperidine rings is 1. The molecule has 6 nitrogen and oxygen atoms in total. The molecule has 1 unspecified atom stereocenters. The summed E-state index contributed by atoms with van der Waals surface area (Å²) in [6.07, 6.45) is 7.41. The van der Waals surface area contributed by atoms with Gasteiger partial charge in [-0.25, -0.2) is 4.98 Å². The van der Waals surface area contributed by atoms with Crippen molar-refractivity contribution in [2.45, 2.75) is 39.2 Å². The minimum Gasteiger partial charge on any atom is -0.472 e. The van der Waals surface area contributed by atoms with Crippen LogP contribution in [0.25, 0.3) is 11.5 Å². The third-order valence-corrected chi connectivity index (χ3v) is 5.29. The molecule has 2 aliphatic heterocycles. The number of furan rings is 1. The van der Waals surface area contributed by atoms with Gasteiger partial charge in [-0.1, -0.05) is 0 Å². The predicted octanol–water partition coefficient (Wildman–Crippen LogP) is 3.08. The molecule has 0 aliphatic carbocycles. The molecule has 2 fully saturated rings. The van der Waals surface area contributed by atoms with Crippen molar-refractivity contribution in [1.82, 2.24) is 14.8 Å². The van der Waals surface area contributed by atoms with E-state index in [0.717, 1.165) is 62.6 Å². The topological polar surface area (TPSA) is 62.7 Å². The molecule has 2 saturated heterocycles. The molecule has 6 heteroatoms. The zero-order valence-electron chi connectivity index (χ0n) is 14.7. The largest absolute Gasteiger partial charge is 0.472 e. The van der Waals surface area contributed by atoms with Crippen molar-refractivity contribution in [2.75, 3.05) is 26.2 Å². The van der Waals surface area contributed by atoms with E-state index >= 15 is 0 Å². The average molecular weight is 343 g/mol. The molecule has 4 heterocycles. The fraction of sp³-hybridized carbons (Fsp3) is 0.579. The van der Waals surface area contributed by atoms with Crippen molar-refractivity contribution >= 4 is 5.91 Å². The van der Waals surface area contributed by atoms with E-state index in [-0.39, 0.29) is 0 Å². The summed E-state index contributed by atoms with van der Waals surface area (Å²) in [6.45, 7) is 6.72. The fourth-order valence-corrected chi connectivity index (χ4v) is 3.95. The summed E-state index contributed by atoms with van der Waals surface area (Å²) in [5.41, 5.74) is 1.87. The number of carbonyl (C=O) groups is 1. The number of aromatic nitrogens is 1. The third kappa shape index (κ3) is 3.63. The highest BCUT2D eigenvalue weighted by atomic mass is 16.4. The number of hydrogen-bond acceptors (Lipinski definition) is 5. The first-order valence-electron chi connectivity index (χ1n) is 9.18. The van der Waals surface area contributed by atoms with Gasteiger partial charge in [0.05, 0.1) is 17.5 Å². The second-order valence-corrected chi connectivity index (χ2v) is 7.22. The number of likely N-dealkylation sites (tertiary alicyclic amines) is 2. The van der Waals surface area contributed by atoms with Gasteiger partial charge < -0.3 is 13.7 Å². The monoisotopic (exact) mass is 343 g/mol. The van der Waals surface area contributed by atoms with Gasteiger partial charge in [-0.15, -0.1) is 0 Å². The molecular formula is C19H25N3O3. The Bertz CT molecular complexity index is 722. The Morgan fingerprint density at radius 2 is 2.24 bits per heavy atom. The number of amides is 1. The van der Waals surface area contributed by atoms with Crippen molar-refractivity contribution in [1.29, 1.82) is 0 Å². The highest BCUT2D eigenvalue weighted by molar-refractivity contribution is 5.78. The van der Waals surface area contributed by atoms with Crippen LogP contribution in [0, 0.1) is 12.8 Å². The summed E-state index contributed by atoms with van der Waals surface area (Å²) in [4.78, 5) is 21.0. The van der Waals surface area contributed by atoms with Gasteiger partial charge in [0.25, 0.3) is 0 Å². The minimum atomic E-state index is 0.328. The van der Waals surface area contributed by atoms with Gasteiger partial charge in [0.15, 0.2) is 0 Å². The highest BCUT2D eigenvalue weighted by Crippen LogP contribution is 2.25. The second kappa shape index (κ2) is 7.04. The van der Waals surface area contributed by atoms with E-state index in [9.17, 15) is 4.79 Å². The molecule has 0 spiro atoms. The first kappa shape index (κ1) is 16.4. The van der Waals surface area contributed by atoms with Gasteiger partial charge in [-0.05, 0) is 44.7 Å². The Balaban J connectivity index is 1.38. The van der Waals surface area contributed by atoms with Crippen molar-refractivity contribution in [3.05, 3.63) is 30.0 Å². The lowest BCUT2D eigenvalue weighted by Crippen LogP contribution is -2.41. The van der Waals surface area contributed by atoms with E-state index in [0.29, 0.717) is 17.7 Å². The van der Waals surface area contributed by atoms with Gasteiger partial charge in [0.1, 0.15) is 12.0 Å². The number of aryl methyl sites for hydroxylation is 1. The molecule has 0 radical (unpaired) electrons. The van der Waals surface area contributed by atoms with Gasteiger partial charge in [-0.2, -0.15) is 0 Å². The quantitative estimate of drug-likeness (QED) is 0.835. The molecule has 2 aromatic heterocycles. The maximum absolute atomic E-state index is 11.9. The van der Waals surface area contributed by atoms with Crippen LogP contribution in [0.1, 0.15) is 37.1 Å². The first-order chi connectivity index (χ1) is 12.2. The number of carbonyl (C=O) groups excluding carboxylic acids is 1. The maximum atomic E-state index is 11.9. The normalized spacial score (nSPS) is 22.0. The van der Waals surface area contributed by atoms with Crippen molar-refractivity contribution < 1.29 is 13.6 Å². The Morgan fingerprint density at radius 3 is 3.00 bits per heavy atom. The molecule has 134 valence electrons. The zero-order valence-corrected chi connectivity index (χ0v) is 14.7. The summed E-state index contributed by atoms with van der Waals surface area (Å²) in [5.74, 6) is 2.39. The van der Waals surface area contributed by atoms with E-state index < -0.39 is 0 Å². The summed E-state index contributed by atoms with van der Waals surface area (Å²) in [6, 6.07) is 1.86. The number of rotatable bonds is 5. The molecule has 25 heavy (non-hydrogen) atoms. The van der Waals surface area contributed by atoms with E-state index in [4.69, 9.17) is 8.83 Å². The van der Waals surface area contributed by atoms with Gasteiger partial charge in [0, 0.05) is 32.6 Å². The molecule has 0 bridgehead atoms. The number of hydrogen-bond donors (Lipinski definition) is 0. The van der Waals surface area contributed by atoms with Gasteiger partial charge in [0.2, 0.25) is 11.8 Å². The minimum absolute atomic E-state index is 0.328. The van der Waals surface area contributed by atoms with E-state index in [2.05, 4.69) is 9.88 Å². The van der Waals surface area contributed by atoms with Gasteiger partial charge >= 0.3 is 0 Å². The van der Waals surface area contributed by atoms with Crippen LogP contribution < -0.4 is 0 Å². The summed E-state index contributed by atoms with van der Waals surface area (Å²) >= 11 is 0. The lowest BCUT2D eigenvalue weighted by atomic mass is 9.97. The fourth-order valence-electron chi connectivity index (χ4n) is 3.95. The summed E-state index contributed by atoms with van der Waals surface area (Å²) < 4.78 is 10.9. The standard InChI is InChI=1S/C19H25N3O3/c1-14-17(20-19(25-14)16-6-9-24-13-16)12-21-7-2-4-15(10-21)11-22-8-3-5-18(22)23/h6,9,13,15H,2-5,7-8,10-12H2,1H3. The van der Waals surface area contributed by atoms with Gasteiger partial charge in [-0.3, -0.25) is 9.69 Å². The van der Waals surface area contributed by atoms with Crippen LogP contribution in [0.15, 0.2) is 27.4 Å². The molecule has 1 amide bonds. The number of oxazole rings is 1. The third-order valence-electron chi connectivity index (χ3n) is 5.29. The maximum Gasteiger partial charge on any atom is 0.229 e. The number of nitrogens with zero attached hydrogens (tertiary/aromatic N) is 3. The predicted molar refractivity (Wildman–Crippen MR) is 92.8 cm³/mol. The Morgan fingerprint density at radius 1 is 1.32 bits per heavy atom. The Labute approximate surface area is 147 Å². The van der Waals surface area contributed by atoms with Crippen LogP contribution in [-0.4, -0.2) is 46.9 Å². The summed E-state index contributed by atoms with van der Waals surface area (Å²) in [5, 5.41) is 0. The molecule has 0 saturated carbocycles. The first-order valence-corrected chi connectivity index (χ1v) is 9.18. The van der Waals surface area contributed by atoms with Crippen molar-refractivity contribution in [2.24, 2.45) is 5.92 Å². The highest BCUT2D eigenvalue weighted by Gasteiger charge is 2.27. The van der Waals surface area contributed by atoms with Crippen molar-refractivity contribution in [3.8, 4) is 11.5 Å². The Kier molecular flexibility index (Phi) is 4.61. The molecular weight excluding hydrogens is 318 g/mol. The van der Waals surface area contributed by atoms with Crippen LogP contribution in [0.4, 0.5) is 0 Å². The lowest BCUT2D eigenvalue weighted by molar-refractivity contribution is -0.128. The van der Waals surface area contributed by atoms with Crippen molar-refractivity contribution in [3.63, 3.8) is 0 Å². The molecule has 0 N–H and O–H groups in total. The van der Waals surface area contributed by atoms with Crippen LogP contribution in [0.3, 0.4) is 0 Å². The van der Waals surface area contributed by atoms with Crippen LogP contribution in [-0.2, 0) is 11.3 Å².